The van der Waals surface area contributed by atoms with Crippen molar-refractivity contribution in [2.45, 2.75) is 36.9 Å². The molecule has 14 heavy (non-hydrogen) atoms. The Kier molecular flexibility index (Phi) is 4.24. The lowest BCUT2D eigenvalue weighted by Gasteiger charge is -2.36. The summed E-state index contributed by atoms with van der Waals surface area (Å²) in [6.45, 7) is -0.218. The van der Waals surface area contributed by atoms with Gasteiger partial charge in [-0.25, -0.2) is 0 Å². The molecule has 1 rings (SSSR count). The molecule has 1 aliphatic rings. The first-order valence-electron chi connectivity index (χ1n) is 4.62. The molecule has 0 aromatic carbocycles. The van der Waals surface area contributed by atoms with Crippen LogP contribution in [0.5, 0.6) is 0 Å². The first kappa shape index (κ1) is 11.8. The van der Waals surface area contributed by atoms with E-state index in [-0.39, 0.29) is 19.6 Å². The van der Waals surface area contributed by atoms with Crippen LogP contribution in [0.3, 0.4) is 0 Å². The molecule has 1 saturated heterocycles. The Balaban J connectivity index is 2.46. The molecule has 0 aromatic heterocycles. The summed E-state index contributed by atoms with van der Waals surface area (Å²) in [6.07, 6.45) is -4.11. The average molecular weight is 207 g/mol. The zero-order chi connectivity index (χ0) is 10.7. The van der Waals surface area contributed by atoms with Gasteiger partial charge in [0.1, 0.15) is 6.10 Å². The van der Waals surface area contributed by atoms with Crippen LogP contribution < -0.4 is 5.32 Å². The van der Waals surface area contributed by atoms with Gasteiger partial charge in [-0.15, -0.1) is 0 Å². The van der Waals surface area contributed by atoms with Crippen LogP contribution in [-0.4, -0.2) is 69.1 Å². The Labute approximate surface area is 81.8 Å². The van der Waals surface area contributed by atoms with E-state index in [9.17, 15) is 15.3 Å². The second-order valence-corrected chi connectivity index (χ2v) is 3.64. The summed E-state index contributed by atoms with van der Waals surface area (Å²) in [5.41, 5.74) is 0. The van der Waals surface area contributed by atoms with Crippen molar-refractivity contribution >= 4 is 0 Å². The third-order valence-electron chi connectivity index (χ3n) is 2.48. The average Bonchev–Trinajstić information content (AvgIpc) is 2.19. The second-order valence-electron chi connectivity index (χ2n) is 3.64. The molecule has 6 nitrogen and oxygen atoms in total. The molecular weight excluding hydrogens is 190 g/mol. The predicted octanol–water partition coefficient (Wildman–Crippen LogP) is -3.22. The molecule has 0 aliphatic carbocycles. The number of nitrogens with one attached hydrogen (secondary N) is 1. The van der Waals surface area contributed by atoms with E-state index in [1.54, 1.807) is 0 Å². The van der Waals surface area contributed by atoms with Crippen molar-refractivity contribution < 1.29 is 25.5 Å². The van der Waals surface area contributed by atoms with Gasteiger partial charge in [0.2, 0.25) is 0 Å². The summed E-state index contributed by atoms with van der Waals surface area (Å²) in [5.74, 6) is 0. The monoisotopic (exact) mass is 207 g/mol. The van der Waals surface area contributed by atoms with E-state index >= 15 is 0 Å². The maximum atomic E-state index is 9.49. The van der Waals surface area contributed by atoms with Crippen molar-refractivity contribution in [1.82, 2.24) is 5.32 Å². The van der Waals surface area contributed by atoms with E-state index in [1.165, 1.54) is 0 Å². The standard InChI is InChI=1S/C8H17NO5/c10-3-4(11)1-5-7(13)8(14)6(12)2-9-5/h4-14H,1-3H2/t4-,5+,6-,7-,8-/m0/s1. The highest BCUT2D eigenvalue weighted by Crippen LogP contribution is 2.14. The summed E-state index contributed by atoms with van der Waals surface area (Å²) >= 11 is 0. The minimum Gasteiger partial charge on any atom is -0.394 e. The van der Waals surface area contributed by atoms with E-state index in [2.05, 4.69) is 5.32 Å². The first-order valence-corrected chi connectivity index (χ1v) is 4.62. The van der Waals surface area contributed by atoms with Crippen molar-refractivity contribution in [2.75, 3.05) is 13.2 Å². The predicted molar refractivity (Wildman–Crippen MR) is 47.5 cm³/mol. The third kappa shape index (κ3) is 2.63. The lowest BCUT2D eigenvalue weighted by Crippen LogP contribution is -2.60. The van der Waals surface area contributed by atoms with Crippen LogP contribution in [0.2, 0.25) is 0 Å². The maximum absolute atomic E-state index is 9.49. The topological polar surface area (TPSA) is 113 Å². The van der Waals surface area contributed by atoms with E-state index in [0.717, 1.165) is 0 Å². The molecular formula is C8H17NO5. The maximum Gasteiger partial charge on any atom is 0.108 e. The summed E-state index contributed by atoms with van der Waals surface area (Å²) in [6, 6.07) is -0.504. The Morgan fingerprint density at radius 3 is 2.43 bits per heavy atom. The fourth-order valence-electron chi connectivity index (χ4n) is 1.57. The first-order chi connectivity index (χ1) is 6.56. The lowest BCUT2D eigenvalue weighted by atomic mass is 9.92. The van der Waals surface area contributed by atoms with Crippen LogP contribution in [0, 0.1) is 0 Å². The second kappa shape index (κ2) is 5.01. The Morgan fingerprint density at radius 2 is 1.86 bits per heavy atom. The van der Waals surface area contributed by atoms with Crippen molar-refractivity contribution in [3.05, 3.63) is 0 Å². The zero-order valence-corrected chi connectivity index (χ0v) is 7.74. The molecule has 0 bridgehead atoms. The molecule has 1 heterocycles. The molecule has 0 unspecified atom stereocenters. The minimum atomic E-state index is -1.20. The van der Waals surface area contributed by atoms with Crippen LogP contribution in [0.25, 0.3) is 0 Å². The van der Waals surface area contributed by atoms with E-state index < -0.39 is 30.5 Å². The van der Waals surface area contributed by atoms with Gasteiger partial charge < -0.3 is 30.8 Å². The Morgan fingerprint density at radius 1 is 1.21 bits per heavy atom. The number of piperidine rings is 1. The molecule has 0 spiro atoms. The molecule has 5 atom stereocenters. The van der Waals surface area contributed by atoms with Gasteiger partial charge >= 0.3 is 0 Å². The third-order valence-corrected chi connectivity index (χ3v) is 2.48. The number of rotatable bonds is 3. The summed E-state index contributed by atoms with van der Waals surface area (Å²) in [4.78, 5) is 0. The van der Waals surface area contributed by atoms with E-state index in [1.807, 2.05) is 0 Å². The molecule has 84 valence electrons. The van der Waals surface area contributed by atoms with Crippen LogP contribution in [0.15, 0.2) is 0 Å². The number of hydrogen-bond acceptors (Lipinski definition) is 6. The van der Waals surface area contributed by atoms with Crippen LogP contribution in [0.1, 0.15) is 6.42 Å². The Hall–Kier alpha value is -0.240. The number of β-amino-alcohol motifs (C(OH)–C–C–N with tert-alkyl or cyclic N) is 1. The molecule has 0 amide bonds. The summed E-state index contributed by atoms with van der Waals surface area (Å²) in [5, 5.41) is 48.5. The molecule has 6 heteroatoms. The van der Waals surface area contributed by atoms with Gasteiger partial charge in [0.05, 0.1) is 24.9 Å². The van der Waals surface area contributed by atoms with Crippen LogP contribution in [-0.2, 0) is 0 Å². The number of aliphatic hydroxyl groups is 5. The molecule has 1 aliphatic heterocycles. The van der Waals surface area contributed by atoms with Crippen molar-refractivity contribution in [3.8, 4) is 0 Å². The van der Waals surface area contributed by atoms with Crippen LogP contribution >= 0.6 is 0 Å². The zero-order valence-electron chi connectivity index (χ0n) is 7.74. The number of aliphatic hydroxyl groups excluding tert-OH is 5. The van der Waals surface area contributed by atoms with Gasteiger partial charge in [-0.1, -0.05) is 0 Å². The lowest BCUT2D eigenvalue weighted by molar-refractivity contribution is -0.101. The van der Waals surface area contributed by atoms with Gasteiger partial charge in [-0.3, -0.25) is 0 Å². The fraction of sp³-hybridized carbons (Fsp3) is 1.00. The molecule has 0 aromatic rings. The van der Waals surface area contributed by atoms with Crippen molar-refractivity contribution in [3.63, 3.8) is 0 Å². The largest absolute Gasteiger partial charge is 0.394 e. The highest BCUT2D eigenvalue weighted by atomic mass is 16.4. The van der Waals surface area contributed by atoms with Crippen molar-refractivity contribution in [2.24, 2.45) is 0 Å². The quantitative estimate of drug-likeness (QED) is 0.290. The van der Waals surface area contributed by atoms with Gasteiger partial charge in [-0.2, -0.15) is 0 Å². The van der Waals surface area contributed by atoms with Gasteiger partial charge in [0, 0.05) is 12.6 Å². The molecule has 6 N–H and O–H groups in total. The summed E-state index contributed by atoms with van der Waals surface area (Å²) < 4.78 is 0. The van der Waals surface area contributed by atoms with E-state index in [0.29, 0.717) is 0 Å². The highest BCUT2D eigenvalue weighted by molar-refractivity contribution is 4.92. The molecule has 0 radical (unpaired) electrons. The highest BCUT2D eigenvalue weighted by Gasteiger charge is 2.36. The van der Waals surface area contributed by atoms with Crippen molar-refractivity contribution in [1.29, 1.82) is 0 Å². The fourth-order valence-corrected chi connectivity index (χ4v) is 1.57. The summed E-state index contributed by atoms with van der Waals surface area (Å²) in [7, 11) is 0. The molecule has 0 saturated carbocycles. The Bertz CT molecular complexity index is 179. The van der Waals surface area contributed by atoms with Crippen LogP contribution in [0.4, 0.5) is 0 Å². The normalized spacial score (nSPS) is 40.9. The SMILES string of the molecule is OC[C@@H](O)C[C@H]1NC[C@H](O)[C@H](O)[C@H]1O. The molecule has 1 fully saturated rings. The van der Waals surface area contributed by atoms with Gasteiger partial charge in [0.15, 0.2) is 0 Å². The van der Waals surface area contributed by atoms with Gasteiger partial charge in [0.25, 0.3) is 0 Å². The van der Waals surface area contributed by atoms with Gasteiger partial charge in [-0.05, 0) is 6.42 Å². The smallest absolute Gasteiger partial charge is 0.108 e. The minimum absolute atomic E-state index is 0.140. The number of hydrogen-bond donors (Lipinski definition) is 6. The van der Waals surface area contributed by atoms with E-state index in [4.69, 9.17) is 10.2 Å².